The number of nitrogens with two attached hydrogens (primary N) is 2. The molecule has 0 saturated carbocycles. The number of rotatable bonds is 5. The van der Waals surface area contributed by atoms with Crippen LogP contribution in [0.25, 0.3) is 0 Å². The Morgan fingerprint density at radius 3 is 2.06 bits per heavy atom. The molecular formula is C14H16N2O2. The van der Waals surface area contributed by atoms with Crippen LogP contribution < -0.4 is 20.9 Å². The van der Waals surface area contributed by atoms with Crippen molar-refractivity contribution in [2.24, 2.45) is 0 Å². The number of nitrogen functional groups attached to an aromatic ring is 2. The molecule has 0 atom stereocenters. The Morgan fingerprint density at radius 2 is 1.39 bits per heavy atom. The average molecular weight is 244 g/mol. The van der Waals surface area contributed by atoms with Gasteiger partial charge in [-0.3, -0.25) is 0 Å². The summed E-state index contributed by atoms with van der Waals surface area (Å²) in [7, 11) is 0. The van der Waals surface area contributed by atoms with Crippen LogP contribution in [0.5, 0.6) is 11.5 Å². The predicted molar refractivity (Wildman–Crippen MR) is 72.7 cm³/mol. The first kappa shape index (κ1) is 12.1. The van der Waals surface area contributed by atoms with Crippen molar-refractivity contribution in [3.63, 3.8) is 0 Å². The lowest BCUT2D eigenvalue weighted by Crippen LogP contribution is -2.09. The lowest BCUT2D eigenvalue weighted by Gasteiger charge is -2.09. The van der Waals surface area contributed by atoms with E-state index in [-0.39, 0.29) is 0 Å². The lowest BCUT2D eigenvalue weighted by atomic mass is 10.2. The van der Waals surface area contributed by atoms with Gasteiger partial charge in [0.05, 0.1) is 11.4 Å². The summed E-state index contributed by atoms with van der Waals surface area (Å²) in [6.45, 7) is 0.937. The summed E-state index contributed by atoms with van der Waals surface area (Å²) in [5.74, 6) is 1.52. The largest absolute Gasteiger partial charge is 0.490 e. The van der Waals surface area contributed by atoms with Crippen LogP contribution in [0.15, 0.2) is 48.5 Å². The van der Waals surface area contributed by atoms with Crippen LogP contribution in [-0.4, -0.2) is 13.2 Å². The van der Waals surface area contributed by atoms with Crippen molar-refractivity contribution in [2.45, 2.75) is 0 Å². The van der Waals surface area contributed by atoms with Gasteiger partial charge < -0.3 is 20.9 Å². The summed E-state index contributed by atoms with van der Waals surface area (Å²) in [5.41, 5.74) is 12.4. The Balaban J connectivity index is 1.77. The van der Waals surface area contributed by atoms with E-state index in [1.54, 1.807) is 18.2 Å². The van der Waals surface area contributed by atoms with E-state index in [2.05, 4.69) is 0 Å². The van der Waals surface area contributed by atoms with Crippen molar-refractivity contribution in [3.8, 4) is 11.5 Å². The van der Waals surface area contributed by atoms with Gasteiger partial charge in [0.15, 0.2) is 0 Å². The first-order chi connectivity index (χ1) is 8.75. The van der Waals surface area contributed by atoms with Crippen molar-refractivity contribution in [1.29, 1.82) is 0 Å². The standard InChI is InChI=1S/C14H16N2O2/c15-13-7-6-12(10-14(13)16)18-9-8-17-11-4-2-1-3-5-11/h1-7,10H,8-9,15-16H2. The van der Waals surface area contributed by atoms with Crippen molar-refractivity contribution < 1.29 is 9.47 Å². The Hall–Kier alpha value is -2.36. The van der Waals surface area contributed by atoms with Gasteiger partial charge in [-0.2, -0.15) is 0 Å². The van der Waals surface area contributed by atoms with Crippen LogP contribution >= 0.6 is 0 Å². The van der Waals surface area contributed by atoms with E-state index in [9.17, 15) is 0 Å². The minimum Gasteiger partial charge on any atom is -0.490 e. The van der Waals surface area contributed by atoms with Crippen LogP contribution in [0, 0.1) is 0 Å². The third-order valence-electron chi connectivity index (χ3n) is 2.42. The van der Waals surface area contributed by atoms with E-state index >= 15 is 0 Å². The minimum absolute atomic E-state index is 0.457. The van der Waals surface area contributed by atoms with Gasteiger partial charge in [0.2, 0.25) is 0 Å². The Bertz CT molecular complexity index is 500. The first-order valence-corrected chi connectivity index (χ1v) is 5.71. The molecule has 0 radical (unpaired) electrons. The first-order valence-electron chi connectivity index (χ1n) is 5.71. The van der Waals surface area contributed by atoms with E-state index < -0.39 is 0 Å². The molecule has 94 valence electrons. The third kappa shape index (κ3) is 3.31. The van der Waals surface area contributed by atoms with Crippen molar-refractivity contribution >= 4 is 11.4 Å². The van der Waals surface area contributed by atoms with Gasteiger partial charge in [0, 0.05) is 6.07 Å². The number of ether oxygens (including phenoxy) is 2. The van der Waals surface area contributed by atoms with Gasteiger partial charge in [-0.1, -0.05) is 18.2 Å². The molecule has 0 heterocycles. The summed E-state index contributed by atoms with van der Waals surface area (Å²) in [6.07, 6.45) is 0. The van der Waals surface area contributed by atoms with E-state index in [0.717, 1.165) is 5.75 Å². The number of anilines is 2. The highest BCUT2D eigenvalue weighted by atomic mass is 16.5. The predicted octanol–water partition coefficient (Wildman–Crippen LogP) is 2.31. The van der Waals surface area contributed by atoms with E-state index in [1.807, 2.05) is 30.3 Å². The van der Waals surface area contributed by atoms with Crippen molar-refractivity contribution in [3.05, 3.63) is 48.5 Å². The van der Waals surface area contributed by atoms with Crippen LogP contribution in [0.2, 0.25) is 0 Å². The van der Waals surface area contributed by atoms with Crippen LogP contribution in [0.3, 0.4) is 0 Å². The fourth-order valence-corrected chi connectivity index (χ4v) is 1.48. The summed E-state index contributed by atoms with van der Waals surface area (Å²) >= 11 is 0. The van der Waals surface area contributed by atoms with Gasteiger partial charge in [0.1, 0.15) is 24.7 Å². The molecule has 0 aliphatic carbocycles. The zero-order valence-corrected chi connectivity index (χ0v) is 10.0. The Morgan fingerprint density at radius 1 is 0.722 bits per heavy atom. The molecule has 0 spiro atoms. The molecule has 0 aliphatic rings. The van der Waals surface area contributed by atoms with Gasteiger partial charge >= 0.3 is 0 Å². The maximum Gasteiger partial charge on any atom is 0.122 e. The van der Waals surface area contributed by atoms with E-state index in [4.69, 9.17) is 20.9 Å². The summed E-state index contributed by atoms with van der Waals surface area (Å²) in [5, 5.41) is 0. The highest BCUT2D eigenvalue weighted by Crippen LogP contribution is 2.21. The van der Waals surface area contributed by atoms with Crippen molar-refractivity contribution in [1.82, 2.24) is 0 Å². The van der Waals surface area contributed by atoms with Gasteiger partial charge in [-0.05, 0) is 24.3 Å². The number of hydrogen-bond acceptors (Lipinski definition) is 4. The van der Waals surface area contributed by atoms with Crippen LogP contribution in [0.1, 0.15) is 0 Å². The summed E-state index contributed by atoms with van der Waals surface area (Å²) in [4.78, 5) is 0. The summed E-state index contributed by atoms with van der Waals surface area (Å²) < 4.78 is 11.0. The van der Waals surface area contributed by atoms with Gasteiger partial charge in [-0.15, -0.1) is 0 Å². The minimum atomic E-state index is 0.457. The molecule has 2 aromatic carbocycles. The fraction of sp³-hybridized carbons (Fsp3) is 0.143. The molecule has 2 rings (SSSR count). The highest BCUT2D eigenvalue weighted by Gasteiger charge is 1.98. The Labute approximate surface area is 106 Å². The maximum atomic E-state index is 5.68. The quantitative estimate of drug-likeness (QED) is 0.625. The molecule has 4 N–H and O–H groups in total. The second-order valence-corrected chi connectivity index (χ2v) is 3.80. The second-order valence-electron chi connectivity index (χ2n) is 3.80. The van der Waals surface area contributed by atoms with E-state index in [0.29, 0.717) is 30.3 Å². The molecule has 0 aliphatic heterocycles. The SMILES string of the molecule is Nc1ccc(OCCOc2ccccc2)cc1N. The maximum absolute atomic E-state index is 5.68. The van der Waals surface area contributed by atoms with Crippen molar-refractivity contribution in [2.75, 3.05) is 24.7 Å². The molecular weight excluding hydrogens is 228 g/mol. The van der Waals surface area contributed by atoms with Gasteiger partial charge in [0.25, 0.3) is 0 Å². The second kappa shape index (κ2) is 5.82. The zero-order valence-electron chi connectivity index (χ0n) is 10.0. The number of para-hydroxylation sites is 1. The molecule has 2 aromatic rings. The summed E-state index contributed by atoms with van der Waals surface area (Å²) in [6, 6.07) is 14.8. The molecule has 4 heteroatoms. The van der Waals surface area contributed by atoms with E-state index in [1.165, 1.54) is 0 Å². The number of benzene rings is 2. The third-order valence-corrected chi connectivity index (χ3v) is 2.42. The smallest absolute Gasteiger partial charge is 0.122 e. The molecule has 0 saturated heterocycles. The molecule has 0 aromatic heterocycles. The topological polar surface area (TPSA) is 70.5 Å². The van der Waals surface area contributed by atoms with Crippen LogP contribution in [0.4, 0.5) is 11.4 Å². The lowest BCUT2D eigenvalue weighted by molar-refractivity contribution is 0.217. The average Bonchev–Trinajstić information content (AvgIpc) is 2.40. The molecule has 0 unspecified atom stereocenters. The molecule has 4 nitrogen and oxygen atoms in total. The normalized spacial score (nSPS) is 10.0. The fourth-order valence-electron chi connectivity index (χ4n) is 1.48. The molecule has 0 fully saturated rings. The highest BCUT2D eigenvalue weighted by molar-refractivity contribution is 5.65. The van der Waals surface area contributed by atoms with Gasteiger partial charge in [-0.25, -0.2) is 0 Å². The monoisotopic (exact) mass is 244 g/mol. The molecule has 0 amide bonds. The zero-order chi connectivity index (χ0) is 12.8. The van der Waals surface area contributed by atoms with Crippen LogP contribution in [-0.2, 0) is 0 Å². The molecule has 18 heavy (non-hydrogen) atoms. The number of hydrogen-bond donors (Lipinski definition) is 2. The molecule has 0 bridgehead atoms. The Kier molecular flexibility index (Phi) is 3.91.